The van der Waals surface area contributed by atoms with E-state index in [0.717, 1.165) is 5.56 Å². The number of aryl methyl sites for hydroxylation is 2. The maximum atomic E-state index is 11.6. The van der Waals surface area contributed by atoms with Crippen molar-refractivity contribution in [1.82, 2.24) is 0 Å². The Labute approximate surface area is 89.5 Å². The molecule has 0 atom stereocenters. The standard InChI is InChI=1S/C11H10O2.C2H6/c1-7-4-3-5-10-11(7)9(12)6-8(2)13-10;1-2/h3-6H,1-2H3;1-2H3. The quantitative estimate of drug-likeness (QED) is 0.658. The Kier molecular flexibility index (Phi) is 3.67. The topological polar surface area (TPSA) is 30.2 Å². The summed E-state index contributed by atoms with van der Waals surface area (Å²) in [5.74, 6) is 0.656. The minimum Gasteiger partial charge on any atom is -0.461 e. The molecule has 80 valence electrons. The minimum absolute atomic E-state index is 0.0388. The summed E-state index contributed by atoms with van der Waals surface area (Å²) in [5.41, 5.74) is 1.67. The van der Waals surface area contributed by atoms with Crippen LogP contribution in [0, 0.1) is 13.8 Å². The van der Waals surface area contributed by atoms with Gasteiger partial charge in [0.15, 0.2) is 5.43 Å². The molecule has 0 aliphatic rings. The Balaban J connectivity index is 0.000000531. The molecule has 0 unspecified atom stereocenters. The summed E-state index contributed by atoms with van der Waals surface area (Å²) in [4.78, 5) is 11.6. The largest absolute Gasteiger partial charge is 0.461 e. The van der Waals surface area contributed by atoms with Gasteiger partial charge in [0.25, 0.3) is 0 Å². The molecule has 2 heteroatoms. The van der Waals surface area contributed by atoms with Crippen LogP contribution in [0.2, 0.25) is 0 Å². The van der Waals surface area contributed by atoms with Crippen molar-refractivity contribution in [2.24, 2.45) is 0 Å². The second-order valence-corrected chi connectivity index (χ2v) is 3.17. The van der Waals surface area contributed by atoms with Crippen molar-refractivity contribution < 1.29 is 4.42 Å². The van der Waals surface area contributed by atoms with Gasteiger partial charge in [-0.3, -0.25) is 4.79 Å². The van der Waals surface area contributed by atoms with Gasteiger partial charge in [-0.05, 0) is 25.5 Å². The second-order valence-electron chi connectivity index (χ2n) is 3.17. The molecule has 0 aliphatic carbocycles. The fourth-order valence-electron chi connectivity index (χ4n) is 1.50. The molecule has 0 amide bonds. The fourth-order valence-corrected chi connectivity index (χ4v) is 1.50. The van der Waals surface area contributed by atoms with Gasteiger partial charge in [0.2, 0.25) is 0 Å². The Bertz CT molecular complexity index is 509. The minimum atomic E-state index is 0.0388. The predicted molar refractivity (Wildman–Crippen MR) is 63.3 cm³/mol. The highest BCUT2D eigenvalue weighted by Gasteiger charge is 2.03. The lowest BCUT2D eigenvalue weighted by Gasteiger charge is -2.00. The lowest BCUT2D eigenvalue weighted by atomic mass is 10.1. The molecule has 2 nitrogen and oxygen atoms in total. The third kappa shape index (κ3) is 2.27. The third-order valence-corrected chi connectivity index (χ3v) is 2.09. The van der Waals surface area contributed by atoms with Gasteiger partial charge in [-0.2, -0.15) is 0 Å². The van der Waals surface area contributed by atoms with Crippen LogP contribution >= 0.6 is 0 Å². The van der Waals surface area contributed by atoms with E-state index in [1.54, 1.807) is 6.92 Å². The van der Waals surface area contributed by atoms with Gasteiger partial charge in [0.05, 0.1) is 5.39 Å². The van der Waals surface area contributed by atoms with Gasteiger partial charge >= 0.3 is 0 Å². The number of fused-ring (bicyclic) bond motifs is 1. The second kappa shape index (κ2) is 4.78. The van der Waals surface area contributed by atoms with E-state index in [0.29, 0.717) is 16.7 Å². The predicted octanol–water partition coefficient (Wildman–Crippen LogP) is 3.44. The van der Waals surface area contributed by atoms with Crippen LogP contribution in [-0.2, 0) is 0 Å². The summed E-state index contributed by atoms with van der Waals surface area (Å²) in [6.45, 7) is 7.69. The zero-order valence-electron chi connectivity index (χ0n) is 9.63. The molecule has 0 bridgehead atoms. The lowest BCUT2D eigenvalue weighted by molar-refractivity contribution is 0.564. The average molecular weight is 204 g/mol. The Morgan fingerprint density at radius 2 is 1.80 bits per heavy atom. The number of hydrogen-bond acceptors (Lipinski definition) is 2. The molecule has 1 aromatic heterocycles. The van der Waals surface area contributed by atoms with E-state index in [1.165, 1.54) is 6.07 Å². The average Bonchev–Trinajstić information content (AvgIpc) is 2.19. The smallest absolute Gasteiger partial charge is 0.193 e. The van der Waals surface area contributed by atoms with Crippen molar-refractivity contribution in [3.05, 3.63) is 45.8 Å². The van der Waals surface area contributed by atoms with Gasteiger partial charge < -0.3 is 4.42 Å². The van der Waals surface area contributed by atoms with E-state index in [-0.39, 0.29) is 5.43 Å². The van der Waals surface area contributed by atoms with Crippen LogP contribution in [0.4, 0.5) is 0 Å². The maximum absolute atomic E-state index is 11.6. The van der Waals surface area contributed by atoms with Gasteiger partial charge in [0.1, 0.15) is 11.3 Å². The molecule has 0 saturated heterocycles. The van der Waals surface area contributed by atoms with Crippen LogP contribution in [0.15, 0.2) is 33.5 Å². The first-order valence-electron chi connectivity index (χ1n) is 5.18. The molecular weight excluding hydrogens is 188 g/mol. The molecule has 0 radical (unpaired) electrons. The highest BCUT2D eigenvalue weighted by Crippen LogP contribution is 2.14. The van der Waals surface area contributed by atoms with Crippen molar-refractivity contribution in [3.8, 4) is 0 Å². The SMILES string of the molecule is CC.Cc1cc(=O)c2c(C)cccc2o1. The van der Waals surface area contributed by atoms with E-state index >= 15 is 0 Å². The fraction of sp³-hybridized carbons (Fsp3) is 0.308. The van der Waals surface area contributed by atoms with Gasteiger partial charge in [0, 0.05) is 6.07 Å². The van der Waals surface area contributed by atoms with E-state index in [2.05, 4.69) is 0 Å². The summed E-state index contributed by atoms with van der Waals surface area (Å²) in [7, 11) is 0. The van der Waals surface area contributed by atoms with Crippen molar-refractivity contribution in [2.75, 3.05) is 0 Å². The highest BCUT2D eigenvalue weighted by atomic mass is 16.3. The number of benzene rings is 1. The summed E-state index contributed by atoms with van der Waals surface area (Å²) in [6.07, 6.45) is 0. The van der Waals surface area contributed by atoms with Crippen LogP contribution in [0.3, 0.4) is 0 Å². The zero-order chi connectivity index (χ0) is 11.4. The normalized spacial score (nSPS) is 9.60. The summed E-state index contributed by atoms with van der Waals surface area (Å²) in [5, 5.41) is 0.688. The van der Waals surface area contributed by atoms with E-state index in [1.807, 2.05) is 39.0 Å². The Morgan fingerprint density at radius 3 is 2.47 bits per heavy atom. The van der Waals surface area contributed by atoms with Crippen molar-refractivity contribution >= 4 is 11.0 Å². The Morgan fingerprint density at radius 1 is 1.13 bits per heavy atom. The molecule has 0 aliphatic heterocycles. The first-order chi connectivity index (χ1) is 7.18. The molecule has 0 fully saturated rings. The lowest BCUT2D eigenvalue weighted by Crippen LogP contribution is -2.01. The molecule has 0 spiro atoms. The summed E-state index contributed by atoms with van der Waals surface area (Å²) >= 11 is 0. The first kappa shape index (κ1) is 11.5. The summed E-state index contributed by atoms with van der Waals surface area (Å²) < 4.78 is 5.42. The third-order valence-electron chi connectivity index (χ3n) is 2.09. The van der Waals surface area contributed by atoms with Crippen LogP contribution in [0.25, 0.3) is 11.0 Å². The molecule has 2 aromatic rings. The van der Waals surface area contributed by atoms with Crippen molar-refractivity contribution in [2.45, 2.75) is 27.7 Å². The van der Waals surface area contributed by atoms with Crippen molar-refractivity contribution in [3.63, 3.8) is 0 Å². The van der Waals surface area contributed by atoms with Crippen LogP contribution in [-0.4, -0.2) is 0 Å². The highest BCUT2D eigenvalue weighted by molar-refractivity contribution is 5.79. The van der Waals surface area contributed by atoms with Crippen LogP contribution in [0.1, 0.15) is 25.2 Å². The first-order valence-corrected chi connectivity index (χ1v) is 5.18. The number of hydrogen-bond donors (Lipinski definition) is 0. The molecular formula is C13H16O2. The molecule has 0 saturated carbocycles. The van der Waals surface area contributed by atoms with Gasteiger partial charge in [-0.15, -0.1) is 0 Å². The monoisotopic (exact) mass is 204 g/mol. The van der Waals surface area contributed by atoms with E-state index in [4.69, 9.17) is 4.42 Å². The van der Waals surface area contributed by atoms with Gasteiger partial charge in [-0.25, -0.2) is 0 Å². The molecule has 1 aromatic carbocycles. The summed E-state index contributed by atoms with van der Waals surface area (Å²) in [6, 6.07) is 7.14. The molecule has 0 N–H and O–H groups in total. The van der Waals surface area contributed by atoms with Crippen molar-refractivity contribution in [1.29, 1.82) is 0 Å². The zero-order valence-corrected chi connectivity index (χ0v) is 9.63. The number of rotatable bonds is 0. The van der Waals surface area contributed by atoms with E-state index < -0.39 is 0 Å². The molecule has 2 rings (SSSR count). The van der Waals surface area contributed by atoms with E-state index in [9.17, 15) is 4.79 Å². The maximum Gasteiger partial charge on any atom is 0.193 e. The van der Waals surface area contributed by atoms with Crippen LogP contribution < -0.4 is 5.43 Å². The molecule has 15 heavy (non-hydrogen) atoms. The van der Waals surface area contributed by atoms with Gasteiger partial charge in [-0.1, -0.05) is 26.0 Å². The Hall–Kier alpha value is -1.57. The molecule has 1 heterocycles. The van der Waals surface area contributed by atoms with Crippen LogP contribution in [0.5, 0.6) is 0 Å².